The Hall–Kier alpha value is -2.88. The highest BCUT2D eigenvalue weighted by atomic mass is 32.2. The van der Waals surface area contributed by atoms with Crippen LogP contribution in [-0.2, 0) is 10.0 Å². The Morgan fingerprint density at radius 2 is 1.75 bits per heavy atom. The van der Waals surface area contributed by atoms with Crippen molar-refractivity contribution < 1.29 is 17.9 Å². The van der Waals surface area contributed by atoms with Crippen LogP contribution in [0.15, 0.2) is 70.3 Å². The molecule has 170 valence electrons. The van der Waals surface area contributed by atoms with E-state index in [9.17, 15) is 13.2 Å². The number of anilines is 1. The van der Waals surface area contributed by atoms with Crippen LogP contribution in [0.25, 0.3) is 0 Å². The number of amides is 1. The minimum atomic E-state index is -3.82. The standard InChI is InChI=1S/C23H27N3O4S2/c1-25(2)21(18-13-14-31-16-18)15-24-23(27)17-9-11-19(12-10-17)32(28,29)26(3)20-7-5-6-8-22(20)30-4/h5-14,16,21H,15H2,1-4H3,(H,24,27). The number of ether oxygens (including phenoxy) is 1. The molecule has 0 fully saturated rings. The summed E-state index contributed by atoms with van der Waals surface area (Å²) >= 11 is 1.61. The minimum absolute atomic E-state index is 0.0550. The van der Waals surface area contributed by atoms with Gasteiger partial charge in [0.05, 0.1) is 23.7 Å². The topological polar surface area (TPSA) is 78.9 Å². The summed E-state index contributed by atoms with van der Waals surface area (Å²) in [5.74, 6) is 0.199. The van der Waals surface area contributed by atoms with Gasteiger partial charge < -0.3 is 15.0 Å². The lowest BCUT2D eigenvalue weighted by atomic mass is 10.1. The Morgan fingerprint density at radius 1 is 1.06 bits per heavy atom. The first kappa shape index (κ1) is 23.8. The van der Waals surface area contributed by atoms with Gasteiger partial charge in [0.1, 0.15) is 5.75 Å². The van der Waals surface area contributed by atoms with Crippen LogP contribution in [0, 0.1) is 0 Å². The van der Waals surface area contributed by atoms with Crippen molar-refractivity contribution >= 4 is 33.0 Å². The van der Waals surface area contributed by atoms with Crippen molar-refractivity contribution in [1.82, 2.24) is 10.2 Å². The highest BCUT2D eigenvalue weighted by Gasteiger charge is 2.24. The summed E-state index contributed by atoms with van der Waals surface area (Å²) in [6.45, 7) is 0.444. The molecule has 1 N–H and O–H groups in total. The summed E-state index contributed by atoms with van der Waals surface area (Å²) in [7, 11) is 3.08. The van der Waals surface area contributed by atoms with Crippen molar-refractivity contribution in [3.8, 4) is 5.75 Å². The Labute approximate surface area is 193 Å². The fraction of sp³-hybridized carbons (Fsp3) is 0.261. The lowest BCUT2D eigenvalue weighted by Crippen LogP contribution is -2.34. The molecule has 0 saturated carbocycles. The Kier molecular flexibility index (Phi) is 7.55. The van der Waals surface area contributed by atoms with Gasteiger partial charge in [-0.25, -0.2) is 8.42 Å². The summed E-state index contributed by atoms with van der Waals surface area (Å²) in [4.78, 5) is 14.8. The van der Waals surface area contributed by atoms with E-state index in [1.807, 2.05) is 30.4 Å². The Morgan fingerprint density at radius 3 is 2.34 bits per heavy atom. The number of benzene rings is 2. The monoisotopic (exact) mass is 473 g/mol. The van der Waals surface area contributed by atoms with E-state index >= 15 is 0 Å². The predicted octanol–water partition coefficient (Wildman–Crippen LogP) is 3.61. The van der Waals surface area contributed by atoms with E-state index in [-0.39, 0.29) is 16.8 Å². The first-order valence-corrected chi connectivity index (χ1v) is 12.3. The molecule has 1 atom stereocenters. The molecule has 0 saturated heterocycles. The maximum atomic E-state index is 13.1. The highest BCUT2D eigenvalue weighted by Crippen LogP contribution is 2.30. The summed E-state index contributed by atoms with van der Waals surface area (Å²) in [6.07, 6.45) is 0. The number of likely N-dealkylation sites (N-methyl/N-ethyl adjacent to an activating group) is 1. The third-order valence-corrected chi connectivity index (χ3v) is 7.69. The number of para-hydroxylation sites is 2. The van der Waals surface area contributed by atoms with Crippen molar-refractivity contribution in [3.63, 3.8) is 0 Å². The smallest absolute Gasteiger partial charge is 0.264 e. The van der Waals surface area contributed by atoms with E-state index in [4.69, 9.17) is 4.74 Å². The number of nitrogens with one attached hydrogen (secondary N) is 1. The number of methoxy groups -OCH3 is 1. The second-order valence-electron chi connectivity index (χ2n) is 7.41. The summed E-state index contributed by atoms with van der Waals surface area (Å²) in [5, 5.41) is 7.01. The number of sulfonamides is 1. The number of carbonyl (C=O) groups excluding carboxylic acids is 1. The van der Waals surface area contributed by atoms with Gasteiger partial charge in [0, 0.05) is 19.2 Å². The van der Waals surface area contributed by atoms with Crippen molar-refractivity contribution in [2.75, 3.05) is 39.1 Å². The third-order valence-electron chi connectivity index (χ3n) is 5.21. The molecule has 3 rings (SSSR count). The molecule has 0 aliphatic heterocycles. The Balaban J connectivity index is 1.73. The summed E-state index contributed by atoms with van der Waals surface area (Å²) < 4.78 is 32.6. The van der Waals surface area contributed by atoms with Gasteiger partial charge in [0.25, 0.3) is 15.9 Å². The molecule has 1 unspecified atom stereocenters. The SMILES string of the molecule is COc1ccccc1N(C)S(=O)(=O)c1ccc(C(=O)NCC(c2ccsc2)N(C)C)cc1. The van der Waals surface area contributed by atoms with E-state index in [1.165, 1.54) is 42.7 Å². The van der Waals surface area contributed by atoms with E-state index in [1.54, 1.807) is 35.6 Å². The second-order valence-corrected chi connectivity index (χ2v) is 10.2. The molecule has 1 aromatic heterocycles. The predicted molar refractivity (Wildman–Crippen MR) is 128 cm³/mol. The first-order chi connectivity index (χ1) is 15.3. The Bertz CT molecular complexity index is 1140. The van der Waals surface area contributed by atoms with Gasteiger partial charge in [-0.1, -0.05) is 12.1 Å². The number of rotatable bonds is 9. The summed E-state index contributed by atoms with van der Waals surface area (Å²) in [6, 6.07) is 14.9. The molecular formula is C23H27N3O4S2. The molecule has 0 aliphatic rings. The zero-order valence-corrected chi connectivity index (χ0v) is 20.1. The molecule has 0 spiro atoms. The molecule has 9 heteroatoms. The molecular weight excluding hydrogens is 446 g/mol. The van der Waals surface area contributed by atoms with Gasteiger partial charge in [-0.2, -0.15) is 11.3 Å². The van der Waals surface area contributed by atoms with Crippen LogP contribution in [0.3, 0.4) is 0 Å². The van der Waals surface area contributed by atoms with Gasteiger partial charge >= 0.3 is 0 Å². The molecule has 1 amide bonds. The molecule has 0 radical (unpaired) electrons. The van der Waals surface area contributed by atoms with Crippen LogP contribution in [0.5, 0.6) is 5.75 Å². The fourth-order valence-corrected chi connectivity index (χ4v) is 5.22. The zero-order chi connectivity index (χ0) is 23.3. The van der Waals surface area contributed by atoms with Gasteiger partial charge in [-0.3, -0.25) is 9.10 Å². The van der Waals surface area contributed by atoms with Crippen molar-refractivity contribution in [2.24, 2.45) is 0 Å². The van der Waals surface area contributed by atoms with Crippen LogP contribution in [0.2, 0.25) is 0 Å². The quantitative estimate of drug-likeness (QED) is 0.514. The van der Waals surface area contributed by atoms with E-state index < -0.39 is 10.0 Å². The number of hydrogen-bond acceptors (Lipinski definition) is 6. The largest absolute Gasteiger partial charge is 0.495 e. The summed E-state index contributed by atoms with van der Waals surface area (Å²) in [5.41, 5.74) is 1.97. The number of carbonyl (C=O) groups is 1. The van der Waals surface area contributed by atoms with Gasteiger partial charge in [0.15, 0.2) is 0 Å². The molecule has 2 aromatic carbocycles. The van der Waals surface area contributed by atoms with Crippen molar-refractivity contribution in [1.29, 1.82) is 0 Å². The number of hydrogen-bond donors (Lipinski definition) is 1. The van der Waals surface area contributed by atoms with Crippen LogP contribution < -0.4 is 14.4 Å². The maximum Gasteiger partial charge on any atom is 0.264 e. The number of nitrogens with zero attached hydrogens (tertiary/aromatic N) is 2. The number of thiophene rings is 1. The normalized spacial score (nSPS) is 12.4. The average molecular weight is 474 g/mol. The van der Waals surface area contributed by atoms with Crippen LogP contribution in [0.1, 0.15) is 22.0 Å². The lowest BCUT2D eigenvalue weighted by Gasteiger charge is -2.24. The minimum Gasteiger partial charge on any atom is -0.495 e. The van der Waals surface area contributed by atoms with Crippen LogP contribution >= 0.6 is 11.3 Å². The lowest BCUT2D eigenvalue weighted by molar-refractivity contribution is 0.0942. The third kappa shape index (κ3) is 5.12. The second kappa shape index (κ2) is 10.2. The van der Waals surface area contributed by atoms with Gasteiger partial charge in [0.2, 0.25) is 0 Å². The van der Waals surface area contributed by atoms with Crippen LogP contribution in [0.4, 0.5) is 5.69 Å². The maximum absolute atomic E-state index is 13.1. The molecule has 32 heavy (non-hydrogen) atoms. The van der Waals surface area contributed by atoms with E-state index in [0.29, 0.717) is 23.5 Å². The van der Waals surface area contributed by atoms with Crippen LogP contribution in [-0.4, -0.2) is 54.0 Å². The first-order valence-electron chi connectivity index (χ1n) is 9.94. The van der Waals surface area contributed by atoms with E-state index in [0.717, 1.165) is 5.56 Å². The molecule has 7 nitrogen and oxygen atoms in total. The zero-order valence-electron chi connectivity index (χ0n) is 18.5. The fourth-order valence-electron chi connectivity index (χ4n) is 3.31. The average Bonchev–Trinajstić information content (AvgIpc) is 3.32. The molecule has 0 bridgehead atoms. The highest BCUT2D eigenvalue weighted by molar-refractivity contribution is 7.92. The molecule has 0 aliphatic carbocycles. The molecule has 1 heterocycles. The van der Waals surface area contributed by atoms with Gasteiger partial charge in [-0.05, 0) is 72.9 Å². The van der Waals surface area contributed by atoms with E-state index in [2.05, 4.69) is 10.7 Å². The van der Waals surface area contributed by atoms with Crippen molar-refractivity contribution in [3.05, 3.63) is 76.5 Å². The van der Waals surface area contributed by atoms with Crippen molar-refractivity contribution in [2.45, 2.75) is 10.9 Å². The molecule has 3 aromatic rings. The van der Waals surface area contributed by atoms with Gasteiger partial charge in [-0.15, -0.1) is 0 Å².